The predicted molar refractivity (Wildman–Crippen MR) is 77.9 cm³/mol. The number of carbonyl (C=O) groups is 1. The van der Waals surface area contributed by atoms with E-state index < -0.39 is 0 Å². The van der Waals surface area contributed by atoms with Gasteiger partial charge >= 0.3 is 5.97 Å². The van der Waals surface area contributed by atoms with Crippen molar-refractivity contribution in [3.8, 4) is 0 Å². The van der Waals surface area contributed by atoms with Gasteiger partial charge < -0.3 is 4.74 Å². The number of carbonyl (C=O) groups excluding carboxylic acids is 1. The summed E-state index contributed by atoms with van der Waals surface area (Å²) >= 11 is 0. The van der Waals surface area contributed by atoms with Gasteiger partial charge in [0.1, 0.15) is 6.04 Å². The van der Waals surface area contributed by atoms with Crippen molar-refractivity contribution in [2.75, 3.05) is 13.7 Å². The van der Waals surface area contributed by atoms with Crippen LogP contribution in [0.3, 0.4) is 0 Å². The lowest BCUT2D eigenvalue weighted by molar-refractivity contribution is -0.385. The molecule has 0 N–H and O–H groups in total. The lowest BCUT2D eigenvalue weighted by Gasteiger charge is -2.33. The van der Waals surface area contributed by atoms with Crippen molar-refractivity contribution in [1.29, 1.82) is 0 Å². The maximum Gasteiger partial charge on any atom is 0.323 e. The fraction of sp³-hybridized carbons (Fsp3) is 0.533. The molecule has 0 saturated carbocycles. The van der Waals surface area contributed by atoms with Crippen LogP contribution in [0.25, 0.3) is 0 Å². The first-order chi connectivity index (χ1) is 10.0. The largest absolute Gasteiger partial charge is 0.468 e. The van der Waals surface area contributed by atoms with Crippen molar-refractivity contribution in [2.45, 2.75) is 38.8 Å². The average molecular weight is 292 g/mol. The molecule has 0 spiro atoms. The highest BCUT2D eigenvalue weighted by Crippen LogP contribution is 2.25. The second kappa shape index (κ2) is 6.67. The minimum absolute atomic E-state index is 0.124. The second-order valence-corrected chi connectivity index (χ2v) is 5.32. The van der Waals surface area contributed by atoms with Crippen LogP contribution in [0.2, 0.25) is 0 Å². The van der Waals surface area contributed by atoms with Crippen molar-refractivity contribution in [3.05, 3.63) is 39.4 Å². The van der Waals surface area contributed by atoms with E-state index >= 15 is 0 Å². The monoisotopic (exact) mass is 292 g/mol. The summed E-state index contributed by atoms with van der Waals surface area (Å²) in [5.41, 5.74) is 1.68. The molecule has 1 fully saturated rings. The molecule has 114 valence electrons. The van der Waals surface area contributed by atoms with Gasteiger partial charge in [0.05, 0.1) is 12.0 Å². The van der Waals surface area contributed by atoms with E-state index in [2.05, 4.69) is 4.90 Å². The third-order valence-corrected chi connectivity index (χ3v) is 4.07. The zero-order valence-corrected chi connectivity index (χ0v) is 12.4. The summed E-state index contributed by atoms with van der Waals surface area (Å²) in [5.74, 6) is -0.224. The molecular weight excluding hydrogens is 272 g/mol. The first-order valence-corrected chi connectivity index (χ1v) is 7.09. The van der Waals surface area contributed by atoms with Gasteiger partial charge in [0.2, 0.25) is 0 Å². The molecule has 0 aromatic heterocycles. The van der Waals surface area contributed by atoms with Gasteiger partial charge in [-0.25, -0.2) is 0 Å². The number of benzene rings is 1. The van der Waals surface area contributed by atoms with Crippen LogP contribution in [0.4, 0.5) is 5.69 Å². The number of nitro benzene ring substituents is 1. The first-order valence-electron chi connectivity index (χ1n) is 7.09. The quantitative estimate of drug-likeness (QED) is 0.484. The molecule has 0 bridgehead atoms. The maximum absolute atomic E-state index is 11.9. The molecule has 1 atom stereocenters. The average Bonchev–Trinajstić information content (AvgIpc) is 2.49. The Kier molecular flexibility index (Phi) is 4.90. The van der Waals surface area contributed by atoms with Crippen molar-refractivity contribution >= 4 is 11.7 Å². The van der Waals surface area contributed by atoms with Crippen LogP contribution >= 0.6 is 0 Å². The molecule has 1 aliphatic rings. The van der Waals surface area contributed by atoms with Crippen molar-refractivity contribution in [2.24, 2.45) is 0 Å². The summed E-state index contributed by atoms with van der Waals surface area (Å²) in [7, 11) is 1.40. The summed E-state index contributed by atoms with van der Waals surface area (Å²) in [4.78, 5) is 24.5. The number of rotatable bonds is 4. The van der Waals surface area contributed by atoms with Crippen LogP contribution in [-0.4, -0.2) is 35.5 Å². The second-order valence-electron chi connectivity index (χ2n) is 5.32. The molecule has 21 heavy (non-hydrogen) atoms. The summed E-state index contributed by atoms with van der Waals surface area (Å²) in [6.07, 6.45) is 2.81. The summed E-state index contributed by atoms with van der Waals surface area (Å²) in [6.45, 7) is 3.10. The Bertz CT molecular complexity index is 544. The van der Waals surface area contributed by atoms with Crippen LogP contribution in [0.1, 0.15) is 30.4 Å². The molecule has 0 unspecified atom stereocenters. The topological polar surface area (TPSA) is 72.7 Å². The predicted octanol–water partition coefficient (Wildman–Crippen LogP) is 2.43. The number of hydrogen-bond acceptors (Lipinski definition) is 5. The molecule has 1 heterocycles. The highest BCUT2D eigenvalue weighted by molar-refractivity contribution is 5.75. The van der Waals surface area contributed by atoms with Crippen molar-refractivity contribution in [1.82, 2.24) is 4.90 Å². The molecule has 0 aliphatic carbocycles. The van der Waals surface area contributed by atoms with Crippen molar-refractivity contribution < 1.29 is 14.5 Å². The zero-order chi connectivity index (χ0) is 15.4. The van der Waals surface area contributed by atoms with E-state index in [-0.39, 0.29) is 22.6 Å². The Morgan fingerprint density at radius 2 is 2.24 bits per heavy atom. The highest BCUT2D eigenvalue weighted by atomic mass is 16.6. The van der Waals surface area contributed by atoms with Crippen LogP contribution in [0.15, 0.2) is 18.2 Å². The SMILES string of the molecule is COC(=O)[C@H]1CCCCN1Cc1cccc([N+](=O)[O-])c1C. The molecule has 0 amide bonds. The molecular formula is C15H20N2O4. The van der Waals surface area contributed by atoms with E-state index in [4.69, 9.17) is 4.74 Å². The van der Waals surface area contributed by atoms with E-state index in [1.165, 1.54) is 13.2 Å². The molecule has 2 rings (SSSR count). The minimum Gasteiger partial charge on any atom is -0.468 e. The molecule has 0 radical (unpaired) electrons. The Morgan fingerprint density at radius 3 is 2.90 bits per heavy atom. The molecule has 1 aliphatic heterocycles. The fourth-order valence-corrected chi connectivity index (χ4v) is 2.84. The van der Waals surface area contributed by atoms with Crippen LogP contribution < -0.4 is 0 Å². The number of ether oxygens (including phenoxy) is 1. The van der Waals surface area contributed by atoms with E-state index in [1.54, 1.807) is 13.0 Å². The van der Waals surface area contributed by atoms with E-state index in [0.717, 1.165) is 31.4 Å². The molecule has 1 saturated heterocycles. The van der Waals surface area contributed by atoms with Gasteiger partial charge in [-0.3, -0.25) is 19.8 Å². The molecule has 1 aromatic rings. The van der Waals surface area contributed by atoms with Gasteiger partial charge in [-0.15, -0.1) is 0 Å². The Labute approximate surface area is 123 Å². The number of methoxy groups -OCH3 is 1. The van der Waals surface area contributed by atoms with Gasteiger partial charge in [0, 0.05) is 18.2 Å². The first kappa shape index (κ1) is 15.4. The molecule has 6 heteroatoms. The van der Waals surface area contributed by atoms with E-state index in [0.29, 0.717) is 12.1 Å². The summed E-state index contributed by atoms with van der Waals surface area (Å²) < 4.78 is 4.86. The maximum atomic E-state index is 11.9. The zero-order valence-electron chi connectivity index (χ0n) is 12.4. The smallest absolute Gasteiger partial charge is 0.323 e. The van der Waals surface area contributed by atoms with Gasteiger partial charge in [-0.05, 0) is 31.9 Å². The fourth-order valence-electron chi connectivity index (χ4n) is 2.84. The summed E-state index contributed by atoms with van der Waals surface area (Å²) in [5, 5.41) is 11.0. The van der Waals surface area contributed by atoms with Gasteiger partial charge in [-0.1, -0.05) is 18.6 Å². The van der Waals surface area contributed by atoms with Gasteiger partial charge in [0.25, 0.3) is 5.69 Å². The number of nitrogens with zero attached hydrogens (tertiary/aromatic N) is 2. The third kappa shape index (κ3) is 3.39. The number of piperidine rings is 1. The number of esters is 1. The van der Waals surface area contributed by atoms with Crippen LogP contribution in [-0.2, 0) is 16.1 Å². The lowest BCUT2D eigenvalue weighted by Crippen LogP contribution is -2.44. The normalized spacial score (nSPS) is 19.2. The number of hydrogen-bond donors (Lipinski definition) is 0. The summed E-state index contributed by atoms with van der Waals surface area (Å²) in [6, 6.07) is 4.83. The van der Waals surface area contributed by atoms with Crippen molar-refractivity contribution in [3.63, 3.8) is 0 Å². The minimum atomic E-state index is -0.368. The number of likely N-dealkylation sites (tertiary alicyclic amines) is 1. The van der Waals surface area contributed by atoms with E-state index in [1.807, 2.05) is 6.07 Å². The molecule has 1 aromatic carbocycles. The van der Waals surface area contributed by atoms with E-state index in [9.17, 15) is 14.9 Å². The standard InChI is InChI=1S/C15H20N2O4/c1-11-12(6-5-8-13(11)17(19)20)10-16-9-4-3-7-14(16)15(18)21-2/h5-6,8,14H,3-4,7,9-10H2,1-2H3/t14-/m1/s1. The highest BCUT2D eigenvalue weighted by Gasteiger charge is 2.30. The Balaban J connectivity index is 2.21. The molecule has 6 nitrogen and oxygen atoms in total. The van der Waals surface area contributed by atoms with Crippen LogP contribution in [0.5, 0.6) is 0 Å². The lowest BCUT2D eigenvalue weighted by atomic mass is 9.99. The Hall–Kier alpha value is -1.95. The Morgan fingerprint density at radius 1 is 1.48 bits per heavy atom. The third-order valence-electron chi connectivity index (χ3n) is 4.07. The van der Waals surface area contributed by atoms with Gasteiger partial charge in [-0.2, -0.15) is 0 Å². The van der Waals surface area contributed by atoms with Crippen LogP contribution in [0, 0.1) is 17.0 Å². The number of nitro groups is 1. The van der Waals surface area contributed by atoms with Gasteiger partial charge in [0.15, 0.2) is 0 Å².